The maximum atomic E-state index is 12.5. The Kier molecular flexibility index (Phi) is 6.65. The van der Waals surface area contributed by atoms with Crippen LogP contribution < -0.4 is 25.4 Å². The second-order valence-electron chi connectivity index (χ2n) is 6.47. The first-order valence-electron chi connectivity index (χ1n) is 9.18. The smallest absolute Gasteiger partial charge is 0.416 e. The predicted molar refractivity (Wildman–Crippen MR) is 102 cm³/mol. The van der Waals surface area contributed by atoms with Crippen LogP contribution in [0.4, 0.5) is 18.0 Å². The monoisotopic (exact) mass is 423 g/mol. The molecule has 2 aromatic carbocycles. The van der Waals surface area contributed by atoms with Crippen LogP contribution in [-0.2, 0) is 6.18 Å². The highest BCUT2D eigenvalue weighted by Gasteiger charge is 2.30. The fourth-order valence-corrected chi connectivity index (χ4v) is 2.70. The van der Waals surface area contributed by atoms with Crippen molar-refractivity contribution < 1.29 is 32.2 Å². The molecule has 3 N–H and O–H groups in total. The fraction of sp³-hybridized carbons (Fsp3) is 0.300. The second kappa shape index (κ2) is 9.38. The molecule has 3 rings (SSSR count). The van der Waals surface area contributed by atoms with E-state index in [-0.39, 0.29) is 31.3 Å². The average Bonchev–Trinajstić information content (AvgIpc) is 2.74. The Hall–Kier alpha value is -3.43. The first-order chi connectivity index (χ1) is 14.3. The largest absolute Gasteiger partial charge is 0.486 e. The zero-order valence-corrected chi connectivity index (χ0v) is 15.8. The minimum Gasteiger partial charge on any atom is -0.486 e. The Morgan fingerprint density at radius 2 is 1.60 bits per heavy atom. The Morgan fingerprint density at radius 1 is 0.933 bits per heavy atom. The van der Waals surface area contributed by atoms with E-state index in [0.29, 0.717) is 18.1 Å². The number of amides is 3. The molecule has 0 aromatic heterocycles. The number of halogens is 3. The minimum atomic E-state index is -4.45. The number of carbonyl (C=O) groups excluding carboxylic acids is 2. The number of rotatable bonds is 6. The van der Waals surface area contributed by atoms with Crippen LogP contribution in [0.5, 0.6) is 11.5 Å². The van der Waals surface area contributed by atoms with E-state index in [1.165, 1.54) is 0 Å². The van der Waals surface area contributed by atoms with E-state index >= 15 is 0 Å². The summed E-state index contributed by atoms with van der Waals surface area (Å²) in [4.78, 5) is 23.8. The number of alkyl halides is 3. The molecule has 1 heterocycles. The third kappa shape index (κ3) is 5.79. The Bertz CT molecular complexity index is 888. The molecule has 10 heteroatoms. The van der Waals surface area contributed by atoms with Gasteiger partial charge in [-0.3, -0.25) is 4.79 Å². The van der Waals surface area contributed by atoms with Crippen molar-refractivity contribution >= 4 is 11.9 Å². The van der Waals surface area contributed by atoms with Gasteiger partial charge in [-0.1, -0.05) is 12.1 Å². The van der Waals surface area contributed by atoms with Gasteiger partial charge < -0.3 is 25.4 Å². The van der Waals surface area contributed by atoms with Crippen molar-refractivity contribution in [2.75, 3.05) is 26.2 Å². The van der Waals surface area contributed by atoms with Crippen LogP contribution >= 0.6 is 0 Å². The molecule has 0 spiro atoms. The van der Waals surface area contributed by atoms with E-state index in [1.807, 2.05) is 12.1 Å². The van der Waals surface area contributed by atoms with Gasteiger partial charge in [-0.25, -0.2) is 4.79 Å². The summed E-state index contributed by atoms with van der Waals surface area (Å²) in [7, 11) is 0. The summed E-state index contributed by atoms with van der Waals surface area (Å²) in [6, 6.07) is 10.7. The quantitative estimate of drug-likeness (QED) is 0.624. The van der Waals surface area contributed by atoms with E-state index in [0.717, 1.165) is 24.3 Å². The predicted octanol–water partition coefficient (Wildman–Crippen LogP) is 2.57. The number of carbonyl (C=O) groups is 2. The maximum Gasteiger partial charge on any atom is 0.416 e. The summed E-state index contributed by atoms with van der Waals surface area (Å²) in [5, 5.41) is 7.74. The van der Waals surface area contributed by atoms with Crippen LogP contribution in [0.15, 0.2) is 48.5 Å². The molecule has 7 nitrogen and oxygen atoms in total. The number of para-hydroxylation sites is 2. The van der Waals surface area contributed by atoms with Crippen molar-refractivity contribution in [2.45, 2.75) is 12.3 Å². The molecule has 0 aliphatic carbocycles. The maximum absolute atomic E-state index is 12.5. The van der Waals surface area contributed by atoms with Gasteiger partial charge in [0.1, 0.15) is 6.61 Å². The van der Waals surface area contributed by atoms with E-state index < -0.39 is 23.7 Å². The number of fused-ring (bicyclic) bond motifs is 1. The van der Waals surface area contributed by atoms with Gasteiger partial charge in [0.2, 0.25) is 0 Å². The Balaban J connectivity index is 1.32. The van der Waals surface area contributed by atoms with Gasteiger partial charge in [0, 0.05) is 18.7 Å². The molecular formula is C20H20F3N3O4. The molecule has 160 valence electrons. The fourth-order valence-electron chi connectivity index (χ4n) is 2.70. The van der Waals surface area contributed by atoms with Crippen molar-refractivity contribution in [3.05, 3.63) is 59.7 Å². The lowest BCUT2D eigenvalue weighted by molar-refractivity contribution is -0.137. The zero-order chi connectivity index (χ0) is 21.6. The van der Waals surface area contributed by atoms with Gasteiger partial charge in [0.05, 0.1) is 12.1 Å². The summed E-state index contributed by atoms with van der Waals surface area (Å²) in [6.45, 7) is 0.797. The average molecular weight is 423 g/mol. The molecule has 0 radical (unpaired) electrons. The van der Waals surface area contributed by atoms with Gasteiger partial charge in [-0.2, -0.15) is 13.2 Å². The third-order valence-corrected chi connectivity index (χ3v) is 4.23. The highest BCUT2D eigenvalue weighted by molar-refractivity contribution is 5.94. The normalized spacial score (nSPS) is 15.2. The second-order valence-corrected chi connectivity index (χ2v) is 6.47. The van der Waals surface area contributed by atoms with Crippen molar-refractivity contribution in [3.8, 4) is 11.5 Å². The molecule has 30 heavy (non-hydrogen) atoms. The van der Waals surface area contributed by atoms with Crippen LogP contribution in [-0.4, -0.2) is 44.3 Å². The molecule has 1 atom stereocenters. The van der Waals surface area contributed by atoms with Crippen LogP contribution in [0.25, 0.3) is 0 Å². The summed E-state index contributed by atoms with van der Waals surface area (Å²) in [6.07, 6.45) is -4.78. The molecule has 0 bridgehead atoms. The molecule has 1 unspecified atom stereocenters. The van der Waals surface area contributed by atoms with Crippen molar-refractivity contribution in [1.82, 2.24) is 16.0 Å². The number of hydrogen-bond donors (Lipinski definition) is 3. The van der Waals surface area contributed by atoms with Gasteiger partial charge in [0.15, 0.2) is 17.6 Å². The van der Waals surface area contributed by atoms with E-state index in [9.17, 15) is 22.8 Å². The van der Waals surface area contributed by atoms with Gasteiger partial charge in [-0.05, 0) is 36.4 Å². The number of nitrogens with one attached hydrogen (secondary N) is 3. The zero-order valence-electron chi connectivity index (χ0n) is 15.8. The standard InChI is InChI=1S/C20H20F3N3O4/c21-20(22,23)14-7-5-13(6-8-14)18(27)24-9-10-25-19(28)26-11-15-12-29-16-3-1-2-4-17(16)30-15/h1-8,15H,9-12H2,(H,24,27)(H2,25,26,28). The summed E-state index contributed by atoms with van der Waals surface area (Å²) in [5.41, 5.74) is -0.726. The van der Waals surface area contributed by atoms with Crippen molar-refractivity contribution in [2.24, 2.45) is 0 Å². The number of hydrogen-bond acceptors (Lipinski definition) is 4. The minimum absolute atomic E-state index is 0.0992. The Morgan fingerprint density at radius 3 is 2.30 bits per heavy atom. The molecular weight excluding hydrogens is 403 g/mol. The van der Waals surface area contributed by atoms with Crippen LogP contribution in [0.3, 0.4) is 0 Å². The molecule has 0 saturated carbocycles. The molecule has 0 fully saturated rings. The Labute approximate surface area is 170 Å². The van der Waals surface area contributed by atoms with E-state index in [1.54, 1.807) is 12.1 Å². The first-order valence-corrected chi connectivity index (χ1v) is 9.18. The molecule has 2 aromatic rings. The topological polar surface area (TPSA) is 88.7 Å². The highest BCUT2D eigenvalue weighted by atomic mass is 19.4. The van der Waals surface area contributed by atoms with Crippen LogP contribution in [0.1, 0.15) is 15.9 Å². The van der Waals surface area contributed by atoms with Crippen molar-refractivity contribution in [1.29, 1.82) is 0 Å². The first kappa shape index (κ1) is 21.3. The number of ether oxygens (including phenoxy) is 2. The summed E-state index contributed by atoms with van der Waals surface area (Å²) < 4.78 is 48.9. The molecule has 1 aliphatic rings. The molecule has 1 aliphatic heterocycles. The lowest BCUT2D eigenvalue weighted by Crippen LogP contribution is -2.46. The van der Waals surface area contributed by atoms with Gasteiger partial charge in [0.25, 0.3) is 5.91 Å². The summed E-state index contributed by atoms with van der Waals surface area (Å²) >= 11 is 0. The van der Waals surface area contributed by atoms with E-state index in [2.05, 4.69) is 16.0 Å². The lowest BCUT2D eigenvalue weighted by atomic mass is 10.1. The van der Waals surface area contributed by atoms with E-state index in [4.69, 9.17) is 9.47 Å². The highest BCUT2D eigenvalue weighted by Crippen LogP contribution is 2.30. The number of benzene rings is 2. The van der Waals surface area contributed by atoms with Crippen molar-refractivity contribution in [3.63, 3.8) is 0 Å². The lowest BCUT2D eigenvalue weighted by Gasteiger charge is -2.26. The van der Waals surface area contributed by atoms with Gasteiger partial charge >= 0.3 is 12.2 Å². The van der Waals surface area contributed by atoms with Crippen LogP contribution in [0.2, 0.25) is 0 Å². The van der Waals surface area contributed by atoms with Crippen LogP contribution in [0, 0.1) is 0 Å². The summed E-state index contributed by atoms with van der Waals surface area (Å²) in [5.74, 6) is 0.737. The van der Waals surface area contributed by atoms with Gasteiger partial charge in [-0.15, -0.1) is 0 Å². The molecule has 3 amide bonds. The third-order valence-electron chi connectivity index (χ3n) is 4.23. The SMILES string of the molecule is O=C(NCCNC(=O)c1ccc(C(F)(F)F)cc1)NCC1COc2ccccc2O1. The number of urea groups is 1. The molecule has 0 saturated heterocycles.